The number of Topliss-reactive ketones (excluding diaryl/α,β-unsaturated/α-hetero) is 1. The lowest BCUT2D eigenvalue weighted by atomic mass is 9.98. The first kappa shape index (κ1) is 29.8. The molecule has 3 rings (SSSR count). The lowest BCUT2D eigenvalue weighted by Gasteiger charge is -2.28. The SMILES string of the molecule is CC(=O)/C(C(=O)Nc1ccc(-c2cccc3c(N(C)CCN(C)C)nccc23)cc1)=C(/C)N(C)CC(C)(C)O. The highest BCUT2D eigenvalue weighted by atomic mass is 16.3. The standard InChI is InChI=1S/C31H41N5O3/c1-21(36(8)20-31(3,4)39)28(22(2)37)30(38)33-24-14-12-23(13-15-24)25-10-9-11-27-26(25)16-17-32-29(27)35(7)19-18-34(5)6/h9-17,39H,18-20H2,1-8H3,(H,33,38)/b28-21+. The number of allylic oxidation sites excluding steroid dienone is 1. The van der Waals surface area contributed by atoms with E-state index >= 15 is 0 Å². The molecule has 3 aromatic rings. The minimum absolute atomic E-state index is 0.0679. The molecule has 0 spiro atoms. The Labute approximate surface area is 231 Å². The van der Waals surface area contributed by atoms with Gasteiger partial charge in [0.25, 0.3) is 5.91 Å². The molecule has 1 heterocycles. The second kappa shape index (κ2) is 12.4. The molecule has 0 bridgehead atoms. The lowest BCUT2D eigenvalue weighted by Crippen LogP contribution is -2.37. The minimum Gasteiger partial charge on any atom is -0.389 e. The molecule has 0 atom stereocenters. The number of aromatic nitrogens is 1. The molecule has 1 aromatic heterocycles. The summed E-state index contributed by atoms with van der Waals surface area (Å²) >= 11 is 0. The summed E-state index contributed by atoms with van der Waals surface area (Å²) in [6, 6.07) is 15.8. The largest absolute Gasteiger partial charge is 0.389 e. The molecule has 0 aliphatic heterocycles. The number of nitrogens with one attached hydrogen (secondary N) is 1. The fourth-order valence-corrected chi connectivity index (χ4v) is 4.60. The summed E-state index contributed by atoms with van der Waals surface area (Å²) in [4.78, 5) is 36.2. The van der Waals surface area contributed by atoms with Crippen molar-refractivity contribution in [1.29, 1.82) is 0 Å². The molecule has 2 aromatic carbocycles. The molecule has 39 heavy (non-hydrogen) atoms. The van der Waals surface area contributed by atoms with Gasteiger partial charge in [0.15, 0.2) is 5.78 Å². The van der Waals surface area contributed by atoms with Crippen molar-refractivity contribution in [3.05, 3.63) is 66.0 Å². The first-order valence-corrected chi connectivity index (χ1v) is 13.1. The molecule has 8 nitrogen and oxygen atoms in total. The van der Waals surface area contributed by atoms with Crippen molar-refractivity contribution in [3.8, 4) is 11.1 Å². The number of anilines is 2. The number of hydrogen-bond acceptors (Lipinski definition) is 7. The molecule has 0 saturated heterocycles. The van der Waals surface area contributed by atoms with Crippen molar-refractivity contribution in [2.75, 3.05) is 58.0 Å². The Morgan fingerprint density at radius 1 is 0.923 bits per heavy atom. The van der Waals surface area contributed by atoms with Crippen LogP contribution in [0.5, 0.6) is 0 Å². The number of hydrogen-bond donors (Lipinski definition) is 2. The molecule has 0 fully saturated rings. The number of benzene rings is 2. The number of ketones is 1. The fraction of sp³-hybridized carbons (Fsp3) is 0.387. The summed E-state index contributed by atoms with van der Waals surface area (Å²) in [6.07, 6.45) is 1.84. The highest BCUT2D eigenvalue weighted by Crippen LogP contribution is 2.33. The highest BCUT2D eigenvalue weighted by molar-refractivity contribution is 6.23. The molecule has 208 valence electrons. The van der Waals surface area contributed by atoms with Crippen LogP contribution in [-0.2, 0) is 9.59 Å². The van der Waals surface area contributed by atoms with Crippen molar-refractivity contribution in [1.82, 2.24) is 14.8 Å². The third-order valence-electron chi connectivity index (χ3n) is 6.62. The maximum absolute atomic E-state index is 13.1. The predicted molar refractivity (Wildman–Crippen MR) is 160 cm³/mol. The van der Waals surface area contributed by atoms with E-state index in [1.54, 1.807) is 32.7 Å². The number of pyridine rings is 1. The van der Waals surface area contributed by atoms with E-state index < -0.39 is 11.5 Å². The Morgan fingerprint density at radius 2 is 1.59 bits per heavy atom. The number of carbonyl (C=O) groups is 2. The number of aliphatic hydroxyl groups is 1. The third kappa shape index (κ3) is 7.65. The van der Waals surface area contributed by atoms with Crippen LogP contribution >= 0.6 is 0 Å². The van der Waals surface area contributed by atoms with Gasteiger partial charge in [-0.3, -0.25) is 9.59 Å². The number of carbonyl (C=O) groups excluding carboxylic acids is 2. The van der Waals surface area contributed by atoms with Gasteiger partial charge in [-0.1, -0.05) is 30.3 Å². The van der Waals surface area contributed by atoms with Crippen LogP contribution in [0.1, 0.15) is 27.7 Å². The van der Waals surface area contributed by atoms with Crippen LogP contribution in [0.3, 0.4) is 0 Å². The lowest BCUT2D eigenvalue weighted by molar-refractivity contribution is -0.119. The second-order valence-electron chi connectivity index (χ2n) is 11.0. The van der Waals surface area contributed by atoms with Crippen LogP contribution in [0.15, 0.2) is 66.0 Å². The zero-order valence-corrected chi connectivity index (χ0v) is 24.4. The van der Waals surface area contributed by atoms with Gasteiger partial charge >= 0.3 is 0 Å². The van der Waals surface area contributed by atoms with Gasteiger partial charge in [-0.25, -0.2) is 4.98 Å². The van der Waals surface area contributed by atoms with Gasteiger partial charge in [0.2, 0.25) is 0 Å². The maximum Gasteiger partial charge on any atom is 0.261 e. The molecular weight excluding hydrogens is 490 g/mol. The fourth-order valence-electron chi connectivity index (χ4n) is 4.60. The van der Waals surface area contributed by atoms with E-state index in [-0.39, 0.29) is 17.9 Å². The third-order valence-corrected chi connectivity index (χ3v) is 6.62. The smallest absolute Gasteiger partial charge is 0.261 e. The average molecular weight is 532 g/mol. The molecule has 0 unspecified atom stereocenters. The summed E-state index contributed by atoms with van der Waals surface area (Å²) in [5.74, 6) is 0.130. The number of nitrogens with zero attached hydrogens (tertiary/aromatic N) is 4. The van der Waals surface area contributed by atoms with Crippen LogP contribution in [0.2, 0.25) is 0 Å². The van der Waals surface area contributed by atoms with E-state index in [1.807, 2.05) is 42.6 Å². The normalized spacial score (nSPS) is 12.4. The molecule has 0 saturated carbocycles. The van der Waals surface area contributed by atoms with Gasteiger partial charge < -0.3 is 25.1 Å². The zero-order chi connectivity index (χ0) is 28.9. The summed E-state index contributed by atoms with van der Waals surface area (Å²) in [5.41, 5.74) is 2.28. The predicted octanol–water partition coefficient (Wildman–Crippen LogP) is 4.40. The topological polar surface area (TPSA) is 89.0 Å². The Morgan fingerprint density at radius 3 is 2.18 bits per heavy atom. The monoisotopic (exact) mass is 531 g/mol. The van der Waals surface area contributed by atoms with Gasteiger partial charge in [-0.05, 0) is 76.5 Å². The quantitative estimate of drug-likeness (QED) is 0.215. The first-order chi connectivity index (χ1) is 18.3. The van der Waals surface area contributed by atoms with Crippen molar-refractivity contribution in [3.63, 3.8) is 0 Å². The van der Waals surface area contributed by atoms with Crippen LogP contribution in [0.4, 0.5) is 11.5 Å². The molecule has 0 aliphatic rings. The van der Waals surface area contributed by atoms with Crippen molar-refractivity contribution >= 4 is 34.0 Å². The first-order valence-electron chi connectivity index (χ1n) is 13.1. The van der Waals surface area contributed by atoms with Gasteiger partial charge in [0.1, 0.15) is 11.4 Å². The number of amides is 1. The Balaban J connectivity index is 1.86. The van der Waals surface area contributed by atoms with Crippen LogP contribution in [0, 0.1) is 0 Å². The summed E-state index contributed by atoms with van der Waals surface area (Å²) in [5, 5.41) is 15.2. The molecule has 2 N–H and O–H groups in total. The molecule has 8 heteroatoms. The highest BCUT2D eigenvalue weighted by Gasteiger charge is 2.23. The molecule has 1 amide bonds. The number of fused-ring (bicyclic) bond motifs is 1. The molecular formula is C31H41N5O3. The average Bonchev–Trinajstić information content (AvgIpc) is 2.85. The van der Waals surface area contributed by atoms with Crippen LogP contribution < -0.4 is 10.2 Å². The van der Waals surface area contributed by atoms with Gasteiger partial charge in [-0.2, -0.15) is 0 Å². The Hall–Kier alpha value is -3.75. The zero-order valence-electron chi connectivity index (χ0n) is 24.4. The number of rotatable bonds is 11. The van der Waals surface area contributed by atoms with E-state index in [0.29, 0.717) is 11.4 Å². The van der Waals surface area contributed by atoms with Crippen molar-refractivity contribution < 1.29 is 14.7 Å². The summed E-state index contributed by atoms with van der Waals surface area (Å²) in [7, 11) is 7.93. The summed E-state index contributed by atoms with van der Waals surface area (Å²) in [6.45, 7) is 8.53. The van der Waals surface area contributed by atoms with E-state index in [9.17, 15) is 14.7 Å². The Bertz CT molecular complexity index is 1360. The van der Waals surface area contributed by atoms with Crippen molar-refractivity contribution in [2.45, 2.75) is 33.3 Å². The van der Waals surface area contributed by atoms with Crippen molar-refractivity contribution in [2.24, 2.45) is 0 Å². The molecule has 0 aliphatic carbocycles. The minimum atomic E-state index is -0.968. The summed E-state index contributed by atoms with van der Waals surface area (Å²) < 4.78 is 0. The van der Waals surface area contributed by atoms with Crippen LogP contribution in [-0.4, -0.2) is 85.0 Å². The van der Waals surface area contributed by atoms with E-state index in [2.05, 4.69) is 53.4 Å². The van der Waals surface area contributed by atoms with E-state index in [0.717, 1.165) is 40.8 Å². The van der Waals surface area contributed by atoms with Gasteiger partial charge in [0.05, 0.1) is 5.60 Å². The number of likely N-dealkylation sites (N-methyl/N-ethyl adjacent to an activating group) is 3. The van der Waals surface area contributed by atoms with E-state index in [1.165, 1.54) is 6.92 Å². The van der Waals surface area contributed by atoms with Gasteiger partial charge in [-0.15, -0.1) is 0 Å². The van der Waals surface area contributed by atoms with Crippen LogP contribution in [0.25, 0.3) is 21.9 Å². The van der Waals surface area contributed by atoms with E-state index in [4.69, 9.17) is 0 Å². The second-order valence-corrected chi connectivity index (χ2v) is 11.0. The Kier molecular flexibility index (Phi) is 9.48. The maximum atomic E-state index is 13.1. The molecule has 0 radical (unpaired) electrons. The van der Waals surface area contributed by atoms with Gasteiger partial charge in [0, 0.05) is 56.7 Å².